The first-order valence-electron chi connectivity index (χ1n) is 10.3. The molecule has 0 fully saturated rings. The highest BCUT2D eigenvalue weighted by molar-refractivity contribution is 5.93. The number of para-hydroxylation sites is 4. The highest BCUT2D eigenvalue weighted by atomic mass is 16.5. The van der Waals surface area contributed by atoms with E-state index in [1.807, 2.05) is 41.0 Å². The van der Waals surface area contributed by atoms with Crippen molar-refractivity contribution < 1.29 is 18.7 Å². The van der Waals surface area contributed by atoms with Crippen LogP contribution in [0.25, 0.3) is 11.0 Å². The van der Waals surface area contributed by atoms with E-state index in [2.05, 4.69) is 10.6 Å². The summed E-state index contributed by atoms with van der Waals surface area (Å²) in [5, 5.41) is 5.74. The van der Waals surface area contributed by atoms with Gasteiger partial charge in [0.25, 0.3) is 5.91 Å². The molecule has 8 heteroatoms. The Kier molecular flexibility index (Phi) is 6.50. The van der Waals surface area contributed by atoms with Crippen molar-refractivity contribution >= 4 is 28.5 Å². The van der Waals surface area contributed by atoms with E-state index in [0.29, 0.717) is 30.8 Å². The van der Waals surface area contributed by atoms with Crippen LogP contribution in [0, 0.1) is 0 Å². The molecule has 0 aliphatic rings. The van der Waals surface area contributed by atoms with E-state index in [9.17, 15) is 9.59 Å². The molecule has 2 N–H and O–H groups in total. The third-order valence-electron chi connectivity index (χ3n) is 5.02. The van der Waals surface area contributed by atoms with Gasteiger partial charge in [0.2, 0.25) is 5.91 Å². The number of anilines is 1. The van der Waals surface area contributed by atoms with Crippen molar-refractivity contribution in [1.29, 1.82) is 0 Å². The number of amides is 2. The molecule has 4 aromatic rings. The monoisotopic (exact) mass is 432 g/mol. The van der Waals surface area contributed by atoms with Crippen molar-refractivity contribution in [1.82, 2.24) is 14.9 Å². The lowest BCUT2D eigenvalue weighted by Gasteiger charge is -2.12. The zero-order chi connectivity index (χ0) is 22.3. The number of aromatic nitrogens is 2. The maximum Gasteiger partial charge on any atom is 0.286 e. The molecule has 4 rings (SSSR count). The maximum atomic E-state index is 12.8. The summed E-state index contributed by atoms with van der Waals surface area (Å²) in [4.78, 5) is 29.5. The van der Waals surface area contributed by atoms with Crippen molar-refractivity contribution in [3.63, 3.8) is 0 Å². The highest BCUT2D eigenvalue weighted by Crippen LogP contribution is 2.23. The molecule has 0 aliphatic carbocycles. The fourth-order valence-corrected chi connectivity index (χ4v) is 3.52. The molecule has 8 nitrogen and oxygen atoms in total. The van der Waals surface area contributed by atoms with Crippen LogP contribution in [0.5, 0.6) is 5.75 Å². The van der Waals surface area contributed by atoms with Crippen molar-refractivity contribution in [3.8, 4) is 5.75 Å². The molecule has 0 aliphatic heterocycles. The summed E-state index contributed by atoms with van der Waals surface area (Å²) in [5.74, 6) is 1.24. The third-order valence-corrected chi connectivity index (χ3v) is 5.02. The van der Waals surface area contributed by atoms with Crippen molar-refractivity contribution in [2.75, 3.05) is 19.0 Å². The lowest BCUT2D eigenvalue weighted by atomic mass is 10.2. The first-order valence-corrected chi connectivity index (χ1v) is 10.3. The molecule has 32 heavy (non-hydrogen) atoms. The molecule has 0 bridgehead atoms. The van der Waals surface area contributed by atoms with E-state index in [4.69, 9.17) is 14.1 Å². The van der Waals surface area contributed by atoms with Crippen molar-refractivity contribution in [2.45, 2.75) is 19.4 Å². The van der Waals surface area contributed by atoms with Gasteiger partial charge in [-0.25, -0.2) is 4.98 Å². The Morgan fingerprint density at radius 3 is 2.69 bits per heavy atom. The Labute approximate surface area is 185 Å². The number of nitrogens with one attached hydrogen (secondary N) is 2. The number of rotatable bonds is 9. The second-order valence-electron chi connectivity index (χ2n) is 7.19. The average Bonchev–Trinajstić information content (AvgIpc) is 3.46. The topological polar surface area (TPSA) is 98.4 Å². The minimum Gasteiger partial charge on any atom is -0.495 e. The van der Waals surface area contributed by atoms with Gasteiger partial charge in [0, 0.05) is 13.0 Å². The van der Waals surface area contributed by atoms with Gasteiger partial charge in [-0.1, -0.05) is 24.3 Å². The fraction of sp³-hybridized carbons (Fsp3) is 0.208. The molecule has 0 unspecified atom stereocenters. The van der Waals surface area contributed by atoms with Crippen LogP contribution in [-0.4, -0.2) is 35.0 Å². The number of hydrogen-bond acceptors (Lipinski definition) is 5. The SMILES string of the molecule is COc1ccccc1NC(=O)Cn1c(CCCNC(=O)c2ccco2)nc2ccccc21. The predicted octanol–water partition coefficient (Wildman–Crippen LogP) is 3.64. The molecule has 0 atom stereocenters. The van der Waals surface area contributed by atoms with Gasteiger partial charge in [0.15, 0.2) is 5.76 Å². The quantitative estimate of drug-likeness (QED) is 0.394. The molecule has 164 valence electrons. The van der Waals surface area contributed by atoms with Crippen molar-refractivity contribution in [3.05, 3.63) is 78.5 Å². The van der Waals surface area contributed by atoms with E-state index in [0.717, 1.165) is 16.9 Å². The third kappa shape index (κ3) is 4.80. The van der Waals surface area contributed by atoms with Crippen LogP contribution < -0.4 is 15.4 Å². The van der Waals surface area contributed by atoms with Crippen LogP contribution in [0.4, 0.5) is 5.69 Å². The number of imidazole rings is 1. The summed E-state index contributed by atoms with van der Waals surface area (Å²) in [7, 11) is 1.57. The van der Waals surface area contributed by atoms with E-state index >= 15 is 0 Å². The van der Waals surface area contributed by atoms with Gasteiger partial charge in [0.05, 0.1) is 30.1 Å². The molecule has 2 aromatic carbocycles. The number of ether oxygens (including phenoxy) is 1. The molecule has 0 saturated carbocycles. The Bertz CT molecular complexity index is 1210. The van der Waals surface area contributed by atoms with E-state index in [-0.39, 0.29) is 24.1 Å². The van der Waals surface area contributed by atoms with E-state index < -0.39 is 0 Å². The number of methoxy groups -OCH3 is 1. The summed E-state index contributed by atoms with van der Waals surface area (Å²) < 4.78 is 12.3. The van der Waals surface area contributed by atoms with E-state index in [1.165, 1.54) is 6.26 Å². The van der Waals surface area contributed by atoms with E-state index in [1.54, 1.807) is 31.4 Å². The Morgan fingerprint density at radius 2 is 1.88 bits per heavy atom. The van der Waals surface area contributed by atoms with Gasteiger partial charge in [-0.15, -0.1) is 0 Å². The summed E-state index contributed by atoms with van der Waals surface area (Å²) in [5.41, 5.74) is 2.33. The summed E-state index contributed by atoms with van der Waals surface area (Å²) in [6, 6.07) is 18.3. The standard InChI is InChI=1S/C24H24N4O4/c1-31-20-11-5-3-9-18(20)27-23(29)16-28-19-10-4-2-8-17(19)26-22(28)13-6-14-25-24(30)21-12-7-15-32-21/h2-5,7-12,15H,6,13-14,16H2,1H3,(H,25,30)(H,27,29). The van der Waals surface area contributed by atoms with Gasteiger partial charge in [-0.3, -0.25) is 9.59 Å². The summed E-state index contributed by atoms with van der Waals surface area (Å²) in [6.07, 6.45) is 2.74. The van der Waals surface area contributed by atoms with Gasteiger partial charge < -0.3 is 24.4 Å². The number of benzene rings is 2. The summed E-state index contributed by atoms with van der Waals surface area (Å²) >= 11 is 0. The molecule has 2 heterocycles. The molecule has 2 aromatic heterocycles. The first kappa shape index (κ1) is 21.2. The zero-order valence-electron chi connectivity index (χ0n) is 17.7. The molecule has 0 spiro atoms. The molecule has 0 radical (unpaired) electrons. The van der Waals surface area contributed by atoms with Crippen LogP contribution in [0.15, 0.2) is 71.3 Å². The fourth-order valence-electron chi connectivity index (χ4n) is 3.52. The number of nitrogens with zero attached hydrogens (tertiary/aromatic N) is 2. The predicted molar refractivity (Wildman–Crippen MR) is 121 cm³/mol. The van der Waals surface area contributed by atoms with Crippen molar-refractivity contribution in [2.24, 2.45) is 0 Å². The number of aryl methyl sites for hydroxylation is 1. The minimum absolute atomic E-state index is 0.118. The second-order valence-corrected chi connectivity index (χ2v) is 7.19. The molecule has 2 amide bonds. The van der Waals surface area contributed by atoms with Crippen LogP contribution in [0.1, 0.15) is 22.8 Å². The van der Waals surface area contributed by atoms with Crippen LogP contribution in [0.3, 0.4) is 0 Å². The van der Waals surface area contributed by atoms with Crippen LogP contribution in [-0.2, 0) is 17.8 Å². The number of carbonyl (C=O) groups excluding carboxylic acids is 2. The maximum absolute atomic E-state index is 12.8. The largest absolute Gasteiger partial charge is 0.495 e. The zero-order valence-corrected chi connectivity index (χ0v) is 17.7. The van der Waals surface area contributed by atoms with Crippen LogP contribution in [0.2, 0.25) is 0 Å². The smallest absolute Gasteiger partial charge is 0.286 e. The van der Waals surface area contributed by atoms with Gasteiger partial charge >= 0.3 is 0 Å². The molecular formula is C24H24N4O4. The summed E-state index contributed by atoms with van der Waals surface area (Å²) in [6.45, 7) is 0.586. The van der Waals surface area contributed by atoms with Gasteiger partial charge in [-0.2, -0.15) is 0 Å². The second kappa shape index (κ2) is 9.82. The average molecular weight is 432 g/mol. The van der Waals surface area contributed by atoms with Gasteiger partial charge in [-0.05, 0) is 42.8 Å². The lowest BCUT2D eigenvalue weighted by molar-refractivity contribution is -0.116. The highest BCUT2D eigenvalue weighted by Gasteiger charge is 2.15. The first-order chi connectivity index (χ1) is 15.7. The number of furan rings is 1. The Morgan fingerprint density at radius 1 is 1.06 bits per heavy atom. The lowest BCUT2D eigenvalue weighted by Crippen LogP contribution is -2.25. The normalized spacial score (nSPS) is 10.8. The number of fused-ring (bicyclic) bond motifs is 1. The molecule has 0 saturated heterocycles. The van der Waals surface area contributed by atoms with Gasteiger partial charge in [0.1, 0.15) is 18.1 Å². The minimum atomic E-state index is -0.250. The Hall–Kier alpha value is -4.07. The number of hydrogen-bond donors (Lipinski definition) is 2. The van der Waals surface area contributed by atoms with Crippen LogP contribution >= 0.6 is 0 Å². The Balaban J connectivity index is 1.44. The molecular weight excluding hydrogens is 408 g/mol. The number of carbonyl (C=O) groups is 2.